The summed E-state index contributed by atoms with van der Waals surface area (Å²) in [6.07, 6.45) is 1.63. The highest BCUT2D eigenvalue weighted by molar-refractivity contribution is 5.75. The molecule has 0 saturated carbocycles. The molecule has 1 amide bonds. The molecule has 0 heterocycles. The molecule has 0 radical (unpaired) electrons. The third-order valence-electron chi connectivity index (χ3n) is 2.93. The summed E-state index contributed by atoms with van der Waals surface area (Å²) in [4.78, 5) is 13.8. The quantitative estimate of drug-likeness (QED) is 0.705. The second kappa shape index (κ2) is 8.53. The molecule has 106 valence electrons. The topological polar surface area (TPSA) is 58.4 Å². The van der Waals surface area contributed by atoms with Gasteiger partial charge in [0.25, 0.3) is 0 Å². The number of nitrogen functional groups attached to an aromatic ring is 1. The first kappa shape index (κ1) is 15.5. The number of hydrogen-bond donors (Lipinski definition) is 2. The number of nitrogens with zero attached hydrogens (tertiary/aromatic N) is 1. The van der Waals surface area contributed by atoms with Crippen LogP contribution in [-0.2, 0) is 11.3 Å². The first-order chi connectivity index (χ1) is 9.15. The van der Waals surface area contributed by atoms with Crippen molar-refractivity contribution < 1.29 is 4.79 Å². The molecule has 3 N–H and O–H groups in total. The van der Waals surface area contributed by atoms with Gasteiger partial charge in [-0.05, 0) is 37.6 Å². The molecule has 0 spiro atoms. The van der Waals surface area contributed by atoms with Crippen LogP contribution in [0.5, 0.6) is 0 Å². The maximum Gasteiger partial charge on any atom is 0.221 e. The van der Waals surface area contributed by atoms with Gasteiger partial charge in [-0.3, -0.25) is 9.69 Å². The van der Waals surface area contributed by atoms with Crippen molar-refractivity contribution in [1.29, 1.82) is 0 Å². The van der Waals surface area contributed by atoms with E-state index in [9.17, 15) is 4.79 Å². The molecule has 0 aromatic heterocycles. The fourth-order valence-corrected chi connectivity index (χ4v) is 2.08. The number of carbonyl (C=O) groups excluding carboxylic acids is 1. The van der Waals surface area contributed by atoms with Crippen LogP contribution >= 0.6 is 0 Å². The van der Waals surface area contributed by atoms with E-state index in [2.05, 4.69) is 23.2 Å². The maximum atomic E-state index is 11.5. The highest BCUT2D eigenvalue weighted by Gasteiger charge is 2.08. The van der Waals surface area contributed by atoms with E-state index in [1.165, 1.54) is 5.56 Å². The minimum atomic E-state index is 0.121. The minimum Gasteiger partial charge on any atom is -0.399 e. The Morgan fingerprint density at radius 2 is 2.11 bits per heavy atom. The number of hydrogen-bond acceptors (Lipinski definition) is 3. The Kier molecular flexibility index (Phi) is 6.97. The van der Waals surface area contributed by atoms with Crippen molar-refractivity contribution in [3.05, 3.63) is 29.8 Å². The van der Waals surface area contributed by atoms with Crippen LogP contribution in [0.1, 0.15) is 32.3 Å². The Hall–Kier alpha value is -1.55. The average molecular weight is 263 g/mol. The van der Waals surface area contributed by atoms with Crippen molar-refractivity contribution in [2.75, 3.05) is 25.4 Å². The average Bonchev–Trinajstić information content (AvgIpc) is 2.37. The molecule has 1 aromatic rings. The van der Waals surface area contributed by atoms with Crippen LogP contribution in [0.25, 0.3) is 0 Å². The van der Waals surface area contributed by atoms with Gasteiger partial charge >= 0.3 is 0 Å². The van der Waals surface area contributed by atoms with Gasteiger partial charge in [-0.15, -0.1) is 0 Å². The molecule has 0 saturated heterocycles. The largest absolute Gasteiger partial charge is 0.399 e. The Labute approximate surface area is 116 Å². The minimum absolute atomic E-state index is 0.121. The zero-order valence-corrected chi connectivity index (χ0v) is 12.0. The molecule has 19 heavy (non-hydrogen) atoms. The van der Waals surface area contributed by atoms with E-state index in [0.29, 0.717) is 13.0 Å². The van der Waals surface area contributed by atoms with Gasteiger partial charge in [0.1, 0.15) is 0 Å². The SMILES string of the molecule is CCCN(CCC(=O)NCC)Cc1cccc(N)c1. The molecule has 1 rings (SSSR count). The Balaban J connectivity index is 2.50. The molecular formula is C15H25N3O. The van der Waals surface area contributed by atoms with Gasteiger partial charge in [0.15, 0.2) is 0 Å². The first-order valence-corrected chi connectivity index (χ1v) is 6.99. The number of anilines is 1. The van der Waals surface area contributed by atoms with E-state index in [1.807, 2.05) is 25.1 Å². The van der Waals surface area contributed by atoms with Crippen LogP contribution in [-0.4, -0.2) is 30.4 Å². The van der Waals surface area contributed by atoms with Crippen molar-refractivity contribution in [2.24, 2.45) is 0 Å². The van der Waals surface area contributed by atoms with Gasteiger partial charge in [-0.2, -0.15) is 0 Å². The lowest BCUT2D eigenvalue weighted by atomic mass is 10.2. The van der Waals surface area contributed by atoms with Crippen LogP contribution in [0.2, 0.25) is 0 Å². The first-order valence-electron chi connectivity index (χ1n) is 6.99. The monoisotopic (exact) mass is 263 g/mol. The predicted octanol–water partition coefficient (Wildman–Crippen LogP) is 2.01. The van der Waals surface area contributed by atoms with Crippen LogP contribution in [0.15, 0.2) is 24.3 Å². The van der Waals surface area contributed by atoms with Crippen LogP contribution < -0.4 is 11.1 Å². The van der Waals surface area contributed by atoms with E-state index in [0.717, 1.165) is 31.7 Å². The molecule has 0 aliphatic heterocycles. The Bertz CT molecular complexity index is 393. The summed E-state index contributed by atoms with van der Waals surface area (Å²) in [5.41, 5.74) is 7.78. The van der Waals surface area contributed by atoms with E-state index in [1.54, 1.807) is 0 Å². The fraction of sp³-hybridized carbons (Fsp3) is 0.533. The van der Waals surface area contributed by atoms with E-state index < -0.39 is 0 Å². The van der Waals surface area contributed by atoms with Gasteiger partial charge < -0.3 is 11.1 Å². The smallest absolute Gasteiger partial charge is 0.221 e. The highest BCUT2D eigenvalue weighted by atomic mass is 16.1. The molecule has 0 aliphatic rings. The fourth-order valence-electron chi connectivity index (χ4n) is 2.08. The third-order valence-corrected chi connectivity index (χ3v) is 2.93. The standard InChI is InChI=1S/C15H25N3O/c1-3-9-18(10-8-15(19)17-4-2)12-13-6-5-7-14(16)11-13/h5-7,11H,3-4,8-10,12,16H2,1-2H3,(H,17,19). The summed E-state index contributed by atoms with van der Waals surface area (Å²) >= 11 is 0. The summed E-state index contributed by atoms with van der Waals surface area (Å²) in [5, 5.41) is 2.83. The van der Waals surface area contributed by atoms with Crippen LogP contribution in [0.3, 0.4) is 0 Å². The molecule has 0 unspecified atom stereocenters. The molecule has 0 bridgehead atoms. The second-order valence-electron chi connectivity index (χ2n) is 4.72. The van der Waals surface area contributed by atoms with Crippen LogP contribution in [0.4, 0.5) is 5.69 Å². The van der Waals surface area contributed by atoms with Gasteiger partial charge in [-0.1, -0.05) is 19.1 Å². The Morgan fingerprint density at radius 1 is 1.32 bits per heavy atom. The van der Waals surface area contributed by atoms with Crippen molar-refractivity contribution >= 4 is 11.6 Å². The normalized spacial score (nSPS) is 10.7. The molecule has 1 aromatic carbocycles. The summed E-state index contributed by atoms with van der Waals surface area (Å²) < 4.78 is 0. The molecule has 0 fully saturated rings. The third kappa shape index (κ3) is 6.25. The molecular weight excluding hydrogens is 238 g/mol. The number of nitrogens with one attached hydrogen (secondary N) is 1. The number of amides is 1. The lowest BCUT2D eigenvalue weighted by molar-refractivity contribution is -0.121. The van der Waals surface area contributed by atoms with Crippen molar-refractivity contribution in [3.63, 3.8) is 0 Å². The molecule has 0 aliphatic carbocycles. The summed E-state index contributed by atoms with van der Waals surface area (Å²) in [5.74, 6) is 0.121. The highest BCUT2D eigenvalue weighted by Crippen LogP contribution is 2.10. The van der Waals surface area contributed by atoms with E-state index in [-0.39, 0.29) is 5.91 Å². The van der Waals surface area contributed by atoms with E-state index in [4.69, 9.17) is 5.73 Å². The lowest BCUT2D eigenvalue weighted by Crippen LogP contribution is -2.31. The number of nitrogens with two attached hydrogens (primary N) is 1. The molecule has 4 nitrogen and oxygen atoms in total. The summed E-state index contributed by atoms with van der Waals surface area (Å²) in [6, 6.07) is 7.93. The number of rotatable bonds is 8. The van der Waals surface area contributed by atoms with Crippen LogP contribution in [0, 0.1) is 0 Å². The van der Waals surface area contributed by atoms with Crippen molar-refractivity contribution in [2.45, 2.75) is 33.2 Å². The maximum absolute atomic E-state index is 11.5. The van der Waals surface area contributed by atoms with Gasteiger partial charge in [0.05, 0.1) is 0 Å². The number of benzene rings is 1. The van der Waals surface area contributed by atoms with Crippen molar-refractivity contribution in [3.8, 4) is 0 Å². The van der Waals surface area contributed by atoms with Gasteiger partial charge in [0.2, 0.25) is 5.91 Å². The van der Waals surface area contributed by atoms with Gasteiger partial charge in [-0.25, -0.2) is 0 Å². The summed E-state index contributed by atoms with van der Waals surface area (Å²) in [6.45, 7) is 7.41. The van der Waals surface area contributed by atoms with Gasteiger partial charge in [0, 0.05) is 31.7 Å². The van der Waals surface area contributed by atoms with Crippen molar-refractivity contribution in [1.82, 2.24) is 10.2 Å². The zero-order valence-electron chi connectivity index (χ0n) is 12.0. The lowest BCUT2D eigenvalue weighted by Gasteiger charge is -2.21. The predicted molar refractivity (Wildman–Crippen MR) is 79.7 cm³/mol. The Morgan fingerprint density at radius 3 is 2.74 bits per heavy atom. The summed E-state index contributed by atoms with van der Waals surface area (Å²) in [7, 11) is 0. The molecule has 0 atom stereocenters. The molecule has 4 heteroatoms. The van der Waals surface area contributed by atoms with E-state index >= 15 is 0 Å². The zero-order chi connectivity index (χ0) is 14.1. The number of carbonyl (C=O) groups is 1. The second-order valence-corrected chi connectivity index (χ2v) is 4.72.